The zero-order valence-electron chi connectivity index (χ0n) is 22.9. The van der Waals surface area contributed by atoms with Crippen LogP contribution in [0.3, 0.4) is 0 Å². The van der Waals surface area contributed by atoms with Gasteiger partial charge >= 0.3 is 0 Å². The third-order valence-electron chi connectivity index (χ3n) is 6.93. The summed E-state index contributed by atoms with van der Waals surface area (Å²) in [6.45, 7) is 9.07. The van der Waals surface area contributed by atoms with E-state index in [2.05, 4.69) is 86.9 Å². The summed E-state index contributed by atoms with van der Waals surface area (Å²) >= 11 is 0. The third-order valence-corrected chi connectivity index (χ3v) is 14.3. The number of methoxy groups -OCH3 is 1. The van der Waals surface area contributed by atoms with E-state index in [1.54, 1.807) is 7.11 Å². The Kier molecular flexibility index (Phi) is 6.47. The maximum Gasteiger partial charge on any atom is 0.118 e. The fraction of sp³-hybridized carbons (Fsp3) is 0.226. The van der Waals surface area contributed by atoms with E-state index in [0.29, 0.717) is 0 Å². The Morgan fingerprint density at radius 2 is 0.882 bits per heavy atom. The van der Waals surface area contributed by atoms with Gasteiger partial charge < -0.3 is 4.74 Å². The molecule has 34 heavy (non-hydrogen) atoms. The van der Waals surface area contributed by atoms with Crippen LogP contribution in [0.1, 0.15) is 24.9 Å². The van der Waals surface area contributed by atoms with Crippen LogP contribution in [0.4, 0.5) is 0 Å². The maximum absolute atomic E-state index is 10.7. The monoisotopic (exact) mass is 482 g/mol. The molecule has 0 saturated carbocycles. The van der Waals surface area contributed by atoms with Gasteiger partial charge in [-0.3, -0.25) is 0 Å². The number of benzene rings is 4. The van der Waals surface area contributed by atoms with Crippen molar-refractivity contribution in [2.24, 2.45) is 0 Å². The SMILES string of the molecule is [2H]C(c1ccccc1)(C([2H])(c1ccc(OC)cc1)[Si](C)(C)c1ccccc1)[Si](C)(C)c1ccccc1. The molecule has 0 heterocycles. The molecular weight excluding hydrogens is 445 g/mol. The molecule has 0 bridgehead atoms. The summed E-state index contributed by atoms with van der Waals surface area (Å²) in [7, 11) is -3.70. The number of ether oxygens (including phenoxy) is 1. The first-order valence-electron chi connectivity index (χ1n) is 12.9. The van der Waals surface area contributed by atoms with Crippen molar-refractivity contribution in [1.29, 1.82) is 0 Å². The van der Waals surface area contributed by atoms with Gasteiger partial charge in [-0.15, -0.1) is 0 Å². The highest BCUT2D eigenvalue weighted by atomic mass is 28.3. The first-order valence-corrected chi connectivity index (χ1v) is 17.9. The average molecular weight is 483 g/mol. The van der Waals surface area contributed by atoms with E-state index < -0.39 is 27.2 Å². The second kappa shape index (κ2) is 10.2. The molecule has 2 atom stereocenters. The van der Waals surface area contributed by atoms with E-state index in [4.69, 9.17) is 4.74 Å². The Bertz CT molecular complexity index is 1280. The van der Waals surface area contributed by atoms with E-state index in [1.807, 2.05) is 54.6 Å². The Morgan fingerprint density at radius 3 is 1.26 bits per heavy atom. The zero-order valence-corrected chi connectivity index (χ0v) is 22.9. The first kappa shape index (κ1) is 21.6. The standard InChI is InChI=1S/C31H36OSi2/c1-32-27-23-21-26(22-24-27)31(34(4,5)29-19-13-8-14-20-29)30(25-15-9-6-10-16-25)33(2,3)28-17-11-7-12-18-28/h6-24,30-31H,1-5H3/i30D,31D. The molecule has 0 radical (unpaired) electrons. The van der Waals surface area contributed by atoms with Gasteiger partial charge in [0.1, 0.15) is 5.75 Å². The van der Waals surface area contributed by atoms with Gasteiger partial charge in [-0.25, -0.2) is 0 Å². The summed E-state index contributed by atoms with van der Waals surface area (Å²) in [6, 6.07) is 39.0. The highest BCUT2D eigenvalue weighted by Crippen LogP contribution is 2.45. The van der Waals surface area contributed by atoms with Gasteiger partial charge in [-0.05, 0) is 34.3 Å². The van der Waals surface area contributed by atoms with Crippen LogP contribution in [0.5, 0.6) is 5.75 Å². The van der Waals surface area contributed by atoms with Crippen LogP contribution in [0.25, 0.3) is 0 Å². The minimum atomic E-state index is -2.69. The molecule has 0 aliphatic heterocycles. The second-order valence-electron chi connectivity index (χ2n) is 9.83. The van der Waals surface area contributed by atoms with Crippen LogP contribution in [0.2, 0.25) is 26.2 Å². The molecule has 0 N–H and O–H groups in total. The molecule has 4 rings (SSSR count). The van der Waals surface area contributed by atoms with E-state index in [-0.39, 0.29) is 0 Å². The van der Waals surface area contributed by atoms with Gasteiger partial charge in [0.15, 0.2) is 0 Å². The van der Waals surface area contributed by atoms with Crippen LogP contribution in [0.15, 0.2) is 115 Å². The maximum atomic E-state index is 10.7. The molecule has 174 valence electrons. The minimum Gasteiger partial charge on any atom is -0.497 e. The average Bonchev–Trinajstić information content (AvgIpc) is 2.93. The zero-order chi connectivity index (χ0) is 26.0. The lowest BCUT2D eigenvalue weighted by Crippen LogP contribution is -2.58. The van der Waals surface area contributed by atoms with E-state index in [1.165, 1.54) is 10.4 Å². The third kappa shape index (κ3) is 4.82. The van der Waals surface area contributed by atoms with Crippen molar-refractivity contribution in [2.75, 3.05) is 7.11 Å². The predicted octanol–water partition coefficient (Wildman–Crippen LogP) is 6.87. The molecule has 4 aromatic carbocycles. The summed E-state index contributed by atoms with van der Waals surface area (Å²) < 4.78 is 26.8. The number of hydrogen-bond acceptors (Lipinski definition) is 1. The second-order valence-corrected chi connectivity index (χ2v) is 18.5. The summed E-state index contributed by atoms with van der Waals surface area (Å²) in [5, 5.41) is 2.37. The predicted molar refractivity (Wildman–Crippen MR) is 152 cm³/mol. The number of rotatable bonds is 8. The Hall–Kier alpha value is -2.89. The van der Waals surface area contributed by atoms with Crippen molar-refractivity contribution in [3.8, 4) is 5.75 Å². The smallest absolute Gasteiger partial charge is 0.118 e. The Labute approximate surface area is 210 Å². The van der Waals surface area contributed by atoms with Crippen molar-refractivity contribution in [1.82, 2.24) is 0 Å². The van der Waals surface area contributed by atoms with Gasteiger partial charge in [0.05, 0.1) is 23.3 Å². The molecule has 2 unspecified atom stereocenters. The van der Waals surface area contributed by atoms with Crippen molar-refractivity contribution in [3.63, 3.8) is 0 Å². The fourth-order valence-corrected chi connectivity index (χ4v) is 12.8. The fourth-order valence-electron chi connectivity index (χ4n) is 5.00. The van der Waals surface area contributed by atoms with Gasteiger partial charge in [0.2, 0.25) is 0 Å². The molecule has 0 fully saturated rings. The van der Waals surface area contributed by atoms with Crippen molar-refractivity contribution >= 4 is 26.5 Å². The van der Waals surface area contributed by atoms with Crippen molar-refractivity contribution in [2.45, 2.75) is 37.2 Å². The van der Waals surface area contributed by atoms with Crippen LogP contribution in [-0.4, -0.2) is 23.3 Å². The molecule has 4 aromatic rings. The highest BCUT2D eigenvalue weighted by molar-refractivity contribution is 6.96. The van der Waals surface area contributed by atoms with Crippen molar-refractivity contribution in [3.05, 3.63) is 126 Å². The van der Waals surface area contributed by atoms with Crippen LogP contribution in [-0.2, 0) is 0 Å². The van der Waals surface area contributed by atoms with E-state index in [0.717, 1.165) is 16.9 Å². The summed E-state index contributed by atoms with van der Waals surface area (Å²) in [6.07, 6.45) is 0. The van der Waals surface area contributed by atoms with Crippen molar-refractivity contribution < 1.29 is 7.48 Å². The van der Waals surface area contributed by atoms with Gasteiger partial charge in [-0.2, -0.15) is 0 Å². The summed E-state index contributed by atoms with van der Waals surface area (Å²) in [5.74, 6) is 0.759. The van der Waals surface area contributed by atoms with Gasteiger partial charge in [0, 0.05) is 2.74 Å². The molecule has 0 amide bonds. The highest BCUT2D eigenvalue weighted by Gasteiger charge is 2.48. The quantitative estimate of drug-likeness (QED) is 0.249. The topological polar surface area (TPSA) is 9.23 Å². The van der Waals surface area contributed by atoms with Gasteiger partial charge in [0.25, 0.3) is 0 Å². The molecule has 0 aliphatic rings. The van der Waals surface area contributed by atoms with Crippen LogP contribution >= 0.6 is 0 Å². The lowest BCUT2D eigenvalue weighted by atomic mass is 10.0. The van der Waals surface area contributed by atoms with Gasteiger partial charge in [-0.1, -0.05) is 140 Å². The molecule has 3 heteroatoms. The molecule has 1 nitrogen and oxygen atoms in total. The first-order chi connectivity index (χ1) is 17.1. The molecule has 0 aliphatic carbocycles. The van der Waals surface area contributed by atoms with Crippen LogP contribution in [0, 0.1) is 0 Å². The largest absolute Gasteiger partial charge is 0.497 e. The Morgan fingerprint density at radius 1 is 0.529 bits per heavy atom. The molecule has 0 spiro atoms. The van der Waals surface area contributed by atoms with Crippen LogP contribution < -0.4 is 15.1 Å². The molecular formula is C31H36OSi2. The lowest BCUT2D eigenvalue weighted by molar-refractivity contribution is 0.414. The Balaban J connectivity index is 2.13. The van der Waals surface area contributed by atoms with E-state index >= 15 is 0 Å². The minimum absolute atomic E-state index is 0.759. The molecule has 0 saturated heterocycles. The summed E-state index contributed by atoms with van der Waals surface area (Å²) in [4.78, 5) is 0. The number of hydrogen-bond donors (Lipinski definition) is 0. The lowest BCUT2D eigenvalue weighted by Gasteiger charge is -2.46. The summed E-state index contributed by atoms with van der Waals surface area (Å²) in [5.41, 5.74) is -0.615. The normalized spacial score (nSPS) is 16.5. The van der Waals surface area contributed by atoms with E-state index in [9.17, 15) is 2.74 Å². The molecule has 0 aromatic heterocycles.